The summed E-state index contributed by atoms with van der Waals surface area (Å²) in [6.45, 7) is 5.65. The second-order valence-corrected chi connectivity index (χ2v) is 11.8. The zero-order valence-corrected chi connectivity index (χ0v) is 24.5. The van der Waals surface area contributed by atoms with E-state index in [2.05, 4.69) is 0 Å². The maximum atomic E-state index is 14.1. The van der Waals surface area contributed by atoms with E-state index in [4.69, 9.17) is 11.6 Å². The number of hydrogen-bond donors (Lipinski definition) is 2. The molecule has 0 bridgehead atoms. The molecule has 41 heavy (non-hydrogen) atoms. The number of carbonyl (C=O) groups is 2. The number of alkyl halides is 3. The number of aliphatic hydroxyl groups is 2. The van der Waals surface area contributed by atoms with Crippen molar-refractivity contribution in [3.05, 3.63) is 69.2 Å². The minimum atomic E-state index is -4.59. The van der Waals surface area contributed by atoms with E-state index in [0.717, 1.165) is 28.8 Å². The van der Waals surface area contributed by atoms with Crippen LogP contribution < -0.4 is 0 Å². The predicted molar refractivity (Wildman–Crippen MR) is 149 cm³/mol. The molecule has 2 aliphatic heterocycles. The molecule has 0 unspecified atom stereocenters. The van der Waals surface area contributed by atoms with E-state index in [9.17, 15) is 33.0 Å². The van der Waals surface area contributed by atoms with Crippen LogP contribution in [0.5, 0.6) is 0 Å². The van der Waals surface area contributed by atoms with E-state index in [1.165, 1.54) is 11.0 Å². The molecule has 0 aliphatic carbocycles. The van der Waals surface area contributed by atoms with E-state index in [1.54, 1.807) is 23.8 Å². The van der Waals surface area contributed by atoms with Crippen molar-refractivity contribution in [3.8, 4) is 0 Å². The number of fused-ring (bicyclic) bond motifs is 1. The normalized spacial score (nSPS) is 21.2. The van der Waals surface area contributed by atoms with Crippen molar-refractivity contribution in [1.82, 2.24) is 14.7 Å². The Bertz CT molecular complexity index is 1300. The third-order valence-corrected chi connectivity index (χ3v) is 9.00. The van der Waals surface area contributed by atoms with Gasteiger partial charge in [-0.1, -0.05) is 35.4 Å². The molecule has 0 spiro atoms. The van der Waals surface area contributed by atoms with E-state index in [0.29, 0.717) is 6.42 Å². The quantitative estimate of drug-likeness (QED) is 0.443. The number of halogens is 4. The number of aryl methyl sites for hydroxylation is 2. The van der Waals surface area contributed by atoms with Gasteiger partial charge < -0.3 is 24.9 Å². The van der Waals surface area contributed by atoms with Crippen LogP contribution in [-0.2, 0) is 11.0 Å². The van der Waals surface area contributed by atoms with Gasteiger partial charge in [-0.2, -0.15) is 13.2 Å². The summed E-state index contributed by atoms with van der Waals surface area (Å²) in [7, 11) is 1.55. The summed E-state index contributed by atoms with van der Waals surface area (Å²) in [5.41, 5.74) is 1.30. The molecule has 2 heterocycles. The van der Waals surface area contributed by atoms with E-state index in [1.807, 2.05) is 32.0 Å². The van der Waals surface area contributed by atoms with Crippen molar-refractivity contribution < 1.29 is 33.0 Å². The van der Waals surface area contributed by atoms with E-state index in [-0.39, 0.29) is 61.7 Å². The number of nitrogens with zero attached hydrogens (tertiary/aromatic N) is 3. The molecule has 3 atom stereocenters. The molecule has 2 aliphatic rings. The first-order valence-corrected chi connectivity index (χ1v) is 14.1. The second-order valence-electron chi connectivity index (χ2n) is 11.3. The highest BCUT2D eigenvalue weighted by Crippen LogP contribution is 2.49. The Balaban J connectivity index is 1.73. The van der Waals surface area contributed by atoms with Gasteiger partial charge in [0.05, 0.1) is 29.1 Å². The Morgan fingerprint density at radius 1 is 1.12 bits per heavy atom. The molecule has 3 amide bonds. The maximum absolute atomic E-state index is 14.1. The zero-order chi connectivity index (χ0) is 30.3. The lowest BCUT2D eigenvalue weighted by molar-refractivity contribution is -0.140. The van der Waals surface area contributed by atoms with Gasteiger partial charge in [0.25, 0.3) is 0 Å². The fourth-order valence-corrected chi connectivity index (χ4v) is 6.74. The number of piperazine rings is 1. The van der Waals surface area contributed by atoms with Crippen LogP contribution in [0.4, 0.5) is 18.0 Å². The van der Waals surface area contributed by atoms with Gasteiger partial charge in [0.15, 0.2) is 0 Å². The van der Waals surface area contributed by atoms with Gasteiger partial charge >= 0.3 is 12.2 Å². The minimum absolute atomic E-state index is 0.0714. The van der Waals surface area contributed by atoms with Gasteiger partial charge in [0, 0.05) is 38.4 Å². The van der Waals surface area contributed by atoms with Crippen molar-refractivity contribution in [2.45, 2.75) is 64.3 Å². The van der Waals surface area contributed by atoms with Gasteiger partial charge in [-0.25, -0.2) is 4.79 Å². The van der Waals surface area contributed by atoms with Crippen LogP contribution >= 0.6 is 11.6 Å². The average Bonchev–Trinajstić information content (AvgIpc) is 3.18. The van der Waals surface area contributed by atoms with Crippen LogP contribution in [-0.4, -0.2) is 76.2 Å². The summed E-state index contributed by atoms with van der Waals surface area (Å²) in [4.78, 5) is 32.7. The highest BCUT2D eigenvalue weighted by atomic mass is 35.5. The Labute approximate surface area is 243 Å². The SMILES string of the molecule is Cc1ccc([C@H]2[C@@H]3CC(CCO)(CCO)C(=O)N3CCN2C(=O)N(C)[C@H](C)c2cc(Cl)cc(C(F)(F)F)c2)c(C)c1. The van der Waals surface area contributed by atoms with E-state index < -0.39 is 35.3 Å². The van der Waals surface area contributed by atoms with Crippen LogP contribution in [0.1, 0.15) is 66.1 Å². The molecule has 0 radical (unpaired) electrons. The third-order valence-electron chi connectivity index (χ3n) is 8.78. The largest absolute Gasteiger partial charge is 0.416 e. The lowest BCUT2D eigenvalue weighted by atomic mass is 9.77. The molecule has 2 aromatic carbocycles. The molecule has 2 fully saturated rings. The van der Waals surface area contributed by atoms with Gasteiger partial charge in [-0.15, -0.1) is 0 Å². The van der Waals surface area contributed by atoms with Crippen molar-refractivity contribution >= 4 is 23.5 Å². The zero-order valence-electron chi connectivity index (χ0n) is 23.7. The summed E-state index contributed by atoms with van der Waals surface area (Å²) in [6, 6.07) is 7.18. The molecule has 224 valence electrons. The highest BCUT2D eigenvalue weighted by Gasteiger charge is 2.56. The molecule has 11 heteroatoms. The first-order chi connectivity index (χ1) is 19.2. The summed E-state index contributed by atoms with van der Waals surface area (Å²) in [6.07, 6.45) is -3.81. The topological polar surface area (TPSA) is 84.3 Å². The number of benzene rings is 2. The molecular weight excluding hydrogens is 559 g/mol. The highest BCUT2D eigenvalue weighted by molar-refractivity contribution is 6.30. The molecule has 7 nitrogen and oxygen atoms in total. The molecule has 2 N–H and O–H groups in total. The van der Waals surface area contributed by atoms with Gasteiger partial charge in [-0.05, 0) is 74.9 Å². The number of urea groups is 1. The lowest BCUT2D eigenvalue weighted by Crippen LogP contribution is -2.57. The number of hydrogen-bond acceptors (Lipinski definition) is 4. The molecule has 2 saturated heterocycles. The number of rotatable bonds is 7. The Kier molecular flexibility index (Phi) is 8.97. The number of carbonyl (C=O) groups excluding carboxylic acids is 2. The van der Waals surface area contributed by atoms with Crippen LogP contribution in [0.15, 0.2) is 36.4 Å². The fourth-order valence-electron chi connectivity index (χ4n) is 6.49. The number of aliphatic hydroxyl groups excluding tert-OH is 2. The standard InChI is InChI=1S/C30H37ClF3N3O4/c1-18-5-6-24(19(2)13-18)26-25-17-29(7-11-38,8-12-39)27(40)36(25)9-10-37(26)28(41)35(4)20(3)21-14-22(30(32,33)34)16-23(31)15-21/h5-6,13-16,20,25-26,38-39H,7-12,17H2,1-4H3/t20-,25+,26+/m1/s1. The summed E-state index contributed by atoms with van der Waals surface area (Å²) in [5, 5.41) is 19.5. The van der Waals surface area contributed by atoms with Gasteiger partial charge in [0.1, 0.15) is 0 Å². The maximum Gasteiger partial charge on any atom is 0.416 e. The van der Waals surface area contributed by atoms with Crippen molar-refractivity contribution in [2.75, 3.05) is 33.4 Å². The third kappa shape index (κ3) is 5.92. The van der Waals surface area contributed by atoms with Crippen molar-refractivity contribution in [1.29, 1.82) is 0 Å². The van der Waals surface area contributed by atoms with Crippen LogP contribution in [0.2, 0.25) is 5.02 Å². The molecule has 0 saturated carbocycles. The van der Waals surface area contributed by atoms with Crippen LogP contribution in [0.25, 0.3) is 0 Å². The Morgan fingerprint density at radius 2 is 1.78 bits per heavy atom. The molecule has 4 rings (SSSR count). The summed E-state index contributed by atoms with van der Waals surface area (Å²) < 4.78 is 40.5. The Hall–Kier alpha value is -2.82. The Morgan fingerprint density at radius 3 is 2.37 bits per heavy atom. The molecule has 2 aromatic rings. The van der Waals surface area contributed by atoms with Crippen LogP contribution in [0, 0.1) is 19.3 Å². The van der Waals surface area contributed by atoms with Crippen molar-refractivity contribution in [2.24, 2.45) is 5.41 Å². The average molecular weight is 596 g/mol. The van der Waals surface area contributed by atoms with Gasteiger partial charge in [0.2, 0.25) is 5.91 Å². The summed E-state index contributed by atoms with van der Waals surface area (Å²) in [5.74, 6) is -0.132. The van der Waals surface area contributed by atoms with Crippen LogP contribution in [0.3, 0.4) is 0 Å². The smallest absolute Gasteiger partial charge is 0.396 e. The molecular formula is C30H37ClF3N3O4. The molecule has 0 aromatic heterocycles. The first-order valence-electron chi connectivity index (χ1n) is 13.7. The minimum Gasteiger partial charge on any atom is -0.396 e. The van der Waals surface area contributed by atoms with Crippen molar-refractivity contribution in [3.63, 3.8) is 0 Å². The predicted octanol–water partition coefficient (Wildman–Crippen LogP) is 5.50. The lowest BCUT2D eigenvalue weighted by Gasteiger charge is -2.47. The second kappa shape index (κ2) is 11.8. The number of amides is 3. The summed E-state index contributed by atoms with van der Waals surface area (Å²) >= 11 is 6.03. The van der Waals surface area contributed by atoms with Gasteiger partial charge in [-0.3, -0.25) is 4.79 Å². The fraction of sp³-hybridized carbons (Fsp3) is 0.533. The van der Waals surface area contributed by atoms with E-state index >= 15 is 0 Å². The first kappa shape index (κ1) is 31.1. The monoisotopic (exact) mass is 595 g/mol.